The van der Waals surface area contributed by atoms with Crippen LogP contribution in [-0.2, 0) is 19.9 Å². The first kappa shape index (κ1) is 29.7. The van der Waals surface area contributed by atoms with Gasteiger partial charge >= 0.3 is 29.6 Å². The van der Waals surface area contributed by atoms with Gasteiger partial charge in [-0.05, 0) is 109 Å². The predicted octanol–water partition coefficient (Wildman–Crippen LogP) is 4.61. The van der Waals surface area contributed by atoms with Crippen molar-refractivity contribution in [2.75, 3.05) is 0 Å². The summed E-state index contributed by atoms with van der Waals surface area (Å²) in [6, 6.07) is 10.4. The number of hydrogen-bond donors (Lipinski definition) is 2. The van der Waals surface area contributed by atoms with Gasteiger partial charge in [0.1, 0.15) is 16.4 Å². The van der Waals surface area contributed by atoms with Crippen molar-refractivity contribution in [3.8, 4) is 11.5 Å². The molecule has 3 aromatic rings. The van der Waals surface area contributed by atoms with Gasteiger partial charge in [-0.15, -0.1) is 0 Å². The summed E-state index contributed by atoms with van der Waals surface area (Å²) < 4.78 is 34.3. The maximum absolute atomic E-state index is 13.5. The second kappa shape index (κ2) is 10.4. The van der Waals surface area contributed by atoms with Crippen molar-refractivity contribution in [2.24, 2.45) is 0 Å². The molecule has 1 aliphatic rings. The number of phenolic OH excluding ortho intramolecular Hbond substituents is 2. The standard InChI is InChI=1S/C27H28Br2O5S.Na.H/c1-13(2)21-18(11-15(5)25(30)23(21)28)27(17-9-7-8-10-20(17)35(32,33)34-27)19-12-16(6)26(31)24(29)22(19)14(3)4;;/h7-14,30-31H,1-6H3;;/q;+1;-1. The van der Waals surface area contributed by atoms with Gasteiger partial charge < -0.3 is 11.6 Å². The molecule has 0 aliphatic carbocycles. The van der Waals surface area contributed by atoms with E-state index in [2.05, 4.69) is 31.9 Å². The van der Waals surface area contributed by atoms with Crippen LogP contribution in [0, 0.1) is 13.8 Å². The smallest absolute Gasteiger partial charge is 1.00 e. The number of rotatable bonds is 4. The summed E-state index contributed by atoms with van der Waals surface area (Å²) in [4.78, 5) is 0.105. The summed E-state index contributed by atoms with van der Waals surface area (Å²) >= 11 is 7.16. The summed E-state index contributed by atoms with van der Waals surface area (Å²) in [5.74, 6) is 0.0553. The molecule has 0 fully saturated rings. The molecule has 1 heterocycles. The maximum atomic E-state index is 13.5. The minimum absolute atomic E-state index is 0. The summed E-state index contributed by atoms with van der Waals surface area (Å²) in [7, 11) is -4.12. The summed E-state index contributed by atoms with van der Waals surface area (Å²) in [6.45, 7) is 11.5. The van der Waals surface area contributed by atoms with E-state index in [4.69, 9.17) is 4.18 Å². The van der Waals surface area contributed by atoms with E-state index in [9.17, 15) is 18.6 Å². The number of benzene rings is 3. The molecule has 0 amide bonds. The molecular weight excluding hydrogens is 619 g/mol. The van der Waals surface area contributed by atoms with Crippen molar-refractivity contribution in [2.45, 2.75) is 63.9 Å². The molecule has 0 radical (unpaired) electrons. The fourth-order valence-electron chi connectivity index (χ4n) is 5.03. The summed E-state index contributed by atoms with van der Waals surface area (Å²) in [6.07, 6.45) is 0. The molecule has 3 aromatic carbocycles. The van der Waals surface area contributed by atoms with Crippen molar-refractivity contribution in [3.05, 3.63) is 84.3 Å². The van der Waals surface area contributed by atoms with Gasteiger partial charge in [0, 0.05) is 5.56 Å². The van der Waals surface area contributed by atoms with E-state index in [1.807, 2.05) is 39.8 Å². The van der Waals surface area contributed by atoms with Gasteiger partial charge in [-0.1, -0.05) is 45.9 Å². The Bertz CT molecular complexity index is 1400. The molecule has 5 nitrogen and oxygen atoms in total. The monoisotopic (exact) mass is 646 g/mol. The average molecular weight is 648 g/mol. The Hall–Kier alpha value is -0.870. The van der Waals surface area contributed by atoms with E-state index in [0.717, 1.165) is 11.1 Å². The number of phenols is 2. The van der Waals surface area contributed by atoms with Gasteiger partial charge in [-0.3, -0.25) is 0 Å². The topological polar surface area (TPSA) is 83.8 Å². The van der Waals surface area contributed by atoms with Gasteiger partial charge in [-0.25, -0.2) is 4.18 Å². The van der Waals surface area contributed by atoms with Crippen LogP contribution in [-0.4, -0.2) is 18.6 Å². The van der Waals surface area contributed by atoms with E-state index in [1.54, 1.807) is 38.1 Å². The van der Waals surface area contributed by atoms with E-state index in [-0.39, 0.29) is 59.2 Å². The second-order valence-electron chi connectivity index (χ2n) is 9.66. The third-order valence-corrected chi connectivity index (χ3v) is 9.59. The molecule has 0 saturated carbocycles. The summed E-state index contributed by atoms with van der Waals surface area (Å²) in [5, 5.41) is 21.6. The van der Waals surface area contributed by atoms with Gasteiger partial charge in [-0.2, -0.15) is 8.42 Å². The fourth-order valence-corrected chi connectivity index (χ4v) is 8.41. The number of fused-ring (bicyclic) bond motifs is 1. The zero-order valence-electron chi connectivity index (χ0n) is 22.4. The molecular formula is C27H29Br2NaO5S. The first-order valence-corrected chi connectivity index (χ1v) is 14.3. The molecule has 0 atom stereocenters. The van der Waals surface area contributed by atoms with Crippen LogP contribution < -0.4 is 29.6 Å². The number of aromatic hydroxyl groups is 2. The number of halogens is 2. The quantitative estimate of drug-likeness (QED) is 0.319. The Morgan fingerprint density at radius 2 is 1.25 bits per heavy atom. The molecule has 9 heteroatoms. The SMILES string of the molecule is Cc1cc(C2(c3cc(C)c(O)c(Br)c3C(C)C)OS(=O)(=O)c3ccccc32)c(C(C)C)c(Br)c1O.[H-].[Na+]. The van der Waals surface area contributed by atoms with Crippen LogP contribution in [0.5, 0.6) is 11.5 Å². The normalized spacial score (nSPS) is 15.7. The van der Waals surface area contributed by atoms with Crippen molar-refractivity contribution in [1.82, 2.24) is 0 Å². The van der Waals surface area contributed by atoms with Crippen molar-refractivity contribution >= 4 is 42.0 Å². The Balaban J connectivity index is 0.00000241. The van der Waals surface area contributed by atoms with Crippen molar-refractivity contribution < 1.29 is 53.8 Å². The van der Waals surface area contributed by atoms with E-state index < -0.39 is 15.7 Å². The number of hydrogen-bond acceptors (Lipinski definition) is 5. The first-order chi connectivity index (χ1) is 16.3. The minimum Gasteiger partial charge on any atom is -1.00 e. The molecule has 0 spiro atoms. The largest absolute Gasteiger partial charge is 1.00 e. The van der Waals surface area contributed by atoms with Gasteiger partial charge in [0.2, 0.25) is 0 Å². The average Bonchev–Trinajstić information content (AvgIpc) is 3.03. The van der Waals surface area contributed by atoms with Crippen LogP contribution >= 0.6 is 31.9 Å². The van der Waals surface area contributed by atoms with Crippen LogP contribution in [0.25, 0.3) is 0 Å². The molecule has 2 N–H and O–H groups in total. The van der Waals surface area contributed by atoms with E-state index in [0.29, 0.717) is 36.8 Å². The zero-order chi connectivity index (χ0) is 26.0. The summed E-state index contributed by atoms with van der Waals surface area (Å²) in [5.41, 5.74) is 2.88. The van der Waals surface area contributed by atoms with Gasteiger partial charge in [0.15, 0.2) is 5.60 Å². The zero-order valence-corrected chi connectivity index (χ0v) is 27.4. The van der Waals surface area contributed by atoms with Crippen LogP contribution in [0.1, 0.15) is 79.9 Å². The predicted molar refractivity (Wildman–Crippen MR) is 145 cm³/mol. The molecule has 1 aliphatic heterocycles. The third-order valence-electron chi connectivity index (χ3n) is 6.62. The first-order valence-electron chi connectivity index (χ1n) is 11.4. The van der Waals surface area contributed by atoms with Crippen LogP contribution in [0.4, 0.5) is 0 Å². The minimum atomic E-state index is -4.12. The van der Waals surface area contributed by atoms with Crippen LogP contribution in [0.15, 0.2) is 50.2 Å². The Kier molecular flexibility index (Phi) is 8.54. The Labute approximate surface area is 253 Å². The van der Waals surface area contributed by atoms with Crippen molar-refractivity contribution in [1.29, 1.82) is 0 Å². The molecule has 188 valence electrons. The number of aryl methyl sites for hydroxylation is 2. The maximum Gasteiger partial charge on any atom is 1.00 e. The van der Waals surface area contributed by atoms with E-state index >= 15 is 0 Å². The third kappa shape index (κ3) is 4.40. The molecule has 36 heavy (non-hydrogen) atoms. The van der Waals surface area contributed by atoms with E-state index in [1.165, 1.54) is 0 Å². The molecule has 0 aromatic heterocycles. The van der Waals surface area contributed by atoms with Gasteiger partial charge in [0.05, 0.1) is 8.95 Å². The fraction of sp³-hybridized carbons (Fsp3) is 0.333. The van der Waals surface area contributed by atoms with Crippen LogP contribution in [0.3, 0.4) is 0 Å². The second-order valence-corrected chi connectivity index (χ2v) is 12.8. The molecule has 0 saturated heterocycles. The Morgan fingerprint density at radius 1 is 0.833 bits per heavy atom. The molecule has 0 bridgehead atoms. The van der Waals surface area contributed by atoms with Crippen molar-refractivity contribution in [3.63, 3.8) is 0 Å². The molecule has 4 rings (SSSR count). The Morgan fingerprint density at radius 3 is 1.67 bits per heavy atom. The van der Waals surface area contributed by atoms with Gasteiger partial charge in [0.25, 0.3) is 10.1 Å². The molecule has 0 unspecified atom stereocenters. The van der Waals surface area contributed by atoms with Crippen LogP contribution in [0.2, 0.25) is 0 Å².